The smallest absolute Gasteiger partial charge is 0.236 e. The Morgan fingerprint density at radius 1 is 1.06 bits per heavy atom. The first-order valence-corrected chi connectivity index (χ1v) is 9.24. The van der Waals surface area contributed by atoms with Crippen LogP contribution in [0.5, 0.6) is 5.75 Å². The standard InChI is InChI=1S/C22H17F2N5O2/c1-31-18-9-14(12-4-5-16(23)17(24)8-12)7-15-20(18)28-21(13-3-2-6-26-10-13)29-22(15)27-11-19(25)30/h2-10H,11H2,1H3,(H2,25,30)(H,27,28,29). The lowest BCUT2D eigenvalue weighted by atomic mass is 10.0. The highest BCUT2D eigenvalue weighted by Gasteiger charge is 2.16. The van der Waals surface area contributed by atoms with E-state index in [2.05, 4.69) is 20.3 Å². The van der Waals surface area contributed by atoms with E-state index in [4.69, 9.17) is 10.5 Å². The SMILES string of the molecule is COc1cc(-c2ccc(F)c(F)c2)cc2c(NCC(N)=O)nc(-c3cccnc3)nc12. The number of ether oxygens (including phenoxy) is 1. The minimum absolute atomic E-state index is 0.156. The van der Waals surface area contributed by atoms with Crippen LogP contribution in [0.3, 0.4) is 0 Å². The van der Waals surface area contributed by atoms with E-state index in [1.165, 1.54) is 13.2 Å². The molecule has 31 heavy (non-hydrogen) atoms. The largest absolute Gasteiger partial charge is 0.494 e. The Bertz CT molecular complexity index is 1280. The number of methoxy groups -OCH3 is 1. The summed E-state index contributed by atoms with van der Waals surface area (Å²) in [5.74, 6) is -1.38. The van der Waals surface area contributed by atoms with Gasteiger partial charge in [0.05, 0.1) is 13.7 Å². The van der Waals surface area contributed by atoms with Gasteiger partial charge in [-0.25, -0.2) is 18.7 Å². The van der Waals surface area contributed by atoms with Crippen molar-refractivity contribution in [2.45, 2.75) is 0 Å². The zero-order chi connectivity index (χ0) is 22.0. The van der Waals surface area contributed by atoms with E-state index in [0.29, 0.717) is 45.0 Å². The van der Waals surface area contributed by atoms with Crippen molar-refractivity contribution in [3.05, 3.63) is 66.5 Å². The number of nitrogens with zero attached hydrogens (tertiary/aromatic N) is 3. The second-order valence-electron chi connectivity index (χ2n) is 6.66. The third-order valence-corrected chi connectivity index (χ3v) is 4.59. The number of primary amides is 1. The molecular weight excluding hydrogens is 404 g/mol. The van der Waals surface area contributed by atoms with Crippen molar-refractivity contribution < 1.29 is 18.3 Å². The van der Waals surface area contributed by atoms with Gasteiger partial charge in [0.2, 0.25) is 5.91 Å². The molecule has 0 saturated heterocycles. The Hall–Kier alpha value is -4.14. The van der Waals surface area contributed by atoms with Crippen LogP contribution in [-0.4, -0.2) is 34.5 Å². The summed E-state index contributed by atoms with van der Waals surface area (Å²) in [5, 5.41) is 3.43. The average Bonchev–Trinajstić information content (AvgIpc) is 2.78. The summed E-state index contributed by atoms with van der Waals surface area (Å²) >= 11 is 0. The number of aromatic nitrogens is 3. The van der Waals surface area contributed by atoms with Crippen molar-refractivity contribution in [3.8, 4) is 28.3 Å². The van der Waals surface area contributed by atoms with Crippen LogP contribution in [0, 0.1) is 11.6 Å². The number of hydrogen-bond acceptors (Lipinski definition) is 6. The van der Waals surface area contributed by atoms with Gasteiger partial charge in [-0.15, -0.1) is 0 Å². The van der Waals surface area contributed by atoms with E-state index in [0.717, 1.165) is 12.1 Å². The van der Waals surface area contributed by atoms with Crippen LogP contribution in [0.1, 0.15) is 0 Å². The molecule has 0 unspecified atom stereocenters. The first-order valence-electron chi connectivity index (χ1n) is 9.24. The van der Waals surface area contributed by atoms with Crippen molar-refractivity contribution in [1.29, 1.82) is 0 Å². The Morgan fingerprint density at radius 2 is 1.90 bits per heavy atom. The van der Waals surface area contributed by atoms with Crippen molar-refractivity contribution in [1.82, 2.24) is 15.0 Å². The first kappa shape index (κ1) is 20.1. The zero-order valence-corrected chi connectivity index (χ0v) is 16.4. The Kier molecular flexibility index (Phi) is 5.40. The molecular formula is C22H17F2N5O2. The minimum Gasteiger partial charge on any atom is -0.494 e. The van der Waals surface area contributed by atoms with Gasteiger partial charge in [-0.1, -0.05) is 6.07 Å². The zero-order valence-electron chi connectivity index (χ0n) is 16.4. The summed E-state index contributed by atoms with van der Waals surface area (Å²) < 4.78 is 32.7. The molecule has 1 amide bonds. The summed E-state index contributed by atoms with van der Waals surface area (Å²) in [7, 11) is 1.48. The Balaban J connectivity index is 1.96. The maximum absolute atomic E-state index is 13.8. The van der Waals surface area contributed by atoms with Crippen LogP contribution in [0.15, 0.2) is 54.9 Å². The highest BCUT2D eigenvalue weighted by molar-refractivity contribution is 5.98. The van der Waals surface area contributed by atoms with Gasteiger partial charge in [-0.05, 0) is 47.5 Å². The fourth-order valence-electron chi connectivity index (χ4n) is 3.13. The van der Waals surface area contributed by atoms with Gasteiger partial charge < -0.3 is 15.8 Å². The molecule has 0 fully saturated rings. The lowest BCUT2D eigenvalue weighted by molar-refractivity contribution is -0.116. The molecule has 3 N–H and O–H groups in total. The van der Waals surface area contributed by atoms with Crippen molar-refractivity contribution in [2.24, 2.45) is 5.73 Å². The molecule has 9 heteroatoms. The molecule has 2 heterocycles. The first-order chi connectivity index (χ1) is 15.0. The van der Waals surface area contributed by atoms with Gasteiger partial charge in [0.1, 0.15) is 17.1 Å². The number of pyridine rings is 1. The number of anilines is 1. The molecule has 0 saturated carbocycles. The van der Waals surface area contributed by atoms with Crippen LogP contribution in [0.2, 0.25) is 0 Å². The van der Waals surface area contributed by atoms with E-state index >= 15 is 0 Å². The van der Waals surface area contributed by atoms with E-state index in [-0.39, 0.29) is 6.54 Å². The Labute approximate surface area is 175 Å². The van der Waals surface area contributed by atoms with E-state index in [9.17, 15) is 13.6 Å². The number of carbonyl (C=O) groups excluding carboxylic acids is 1. The number of amides is 1. The molecule has 0 radical (unpaired) electrons. The highest BCUT2D eigenvalue weighted by Crippen LogP contribution is 2.36. The van der Waals surface area contributed by atoms with Gasteiger partial charge in [-0.2, -0.15) is 0 Å². The van der Waals surface area contributed by atoms with Crippen LogP contribution in [0.4, 0.5) is 14.6 Å². The molecule has 7 nitrogen and oxygen atoms in total. The molecule has 2 aromatic heterocycles. The molecule has 156 valence electrons. The number of benzene rings is 2. The summed E-state index contributed by atoms with van der Waals surface area (Å²) in [6.07, 6.45) is 3.24. The molecule has 0 bridgehead atoms. The van der Waals surface area contributed by atoms with Crippen LogP contribution in [-0.2, 0) is 4.79 Å². The second-order valence-corrected chi connectivity index (χ2v) is 6.66. The topological polar surface area (TPSA) is 103 Å². The van der Waals surface area contributed by atoms with Crippen LogP contribution in [0.25, 0.3) is 33.4 Å². The monoisotopic (exact) mass is 421 g/mol. The number of fused-ring (bicyclic) bond motifs is 1. The summed E-state index contributed by atoms with van der Waals surface area (Å²) in [6, 6.07) is 10.5. The number of nitrogens with one attached hydrogen (secondary N) is 1. The molecule has 0 atom stereocenters. The molecule has 4 rings (SSSR count). The summed E-state index contributed by atoms with van der Waals surface area (Å²) in [5.41, 5.74) is 7.42. The lowest BCUT2D eigenvalue weighted by Crippen LogP contribution is -2.22. The molecule has 0 aliphatic carbocycles. The van der Waals surface area contributed by atoms with Gasteiger partial charge in [0.25, 0.3) is 0 Å². The third kappa shape index (κ3) is 4.11. The Morgan fingerprint density at radius 3 is 2.58 bits per heavy atom. The molecule has 0 aliphatic rings. The van der Waals surface area contributed by atoms with Crippen molar-refractivity contribution >= 4 is 22.6 Å². The maximum atomic E-state index is 13.8. The van der Waals surface area contributed by atoms with E-state index in [1.54, 1.807) is 36.7 Å². The maximum Gasteiger partial charge on any atom is 0.236 e. The van der Waals surface area contributed by atoms with E-state index in [1.807, 2.05) is 0 Å². The number of halogens is 2. The van der Waals surface area contributed by atoms with Gasteiger partial charge >= 0.3 is 0 Å². The van der Waals surface area contributed by atoms with Gasteiger partial charge in [-0.3, -0.25) is 9.78 Å². The summed E-state index contributed by atoms with van der Waals surface area (Å²) in [4.78, 5) is 24.6. The molecule has 4 aromatic rings. The number of hydrogen-bond donors (Lipinski definition) is 2. The summed E-state index contributed by atoms with van der Waals surface area (Å²) in [6.45, 7) is -0.156. The number of carbonyl (C=O) groups is 1. The number of rotatable bonds is 6. The molecule has 2 aromatic carbocycles. The van der Waals surface area contributed by atoms with Gasteiger partial charge in [0.15, 0.2) is 17.5 Å². The quantitative estimate of drug-likeness (QED) is 0.494. The predicted molar refractivity (Wildman–Crippen MR) is 112 cm³/mol. The normalized spacial score (nSPS) is 10.8. The number of nitrogens with two attached hydrogens (primary N) is 1. The van der Waals surface area contributed by atoms with Crippen molar-refractivity contribution in [2.75, 3.05) is 19.0 Å². The van der Waals surface area contributed by atoms with Crippen LogP contribution >= 0.6 is 0 Å². The highest BCUT2D eigenvalue weighted by atomic mass is 19.2. The van der Waals surface area contributed by atoms with E-state index < -0.39 is 17.5 Å². The fraction of sp³-hybridized carbons (Fsp3) is 0.0909. The van der Waals surface area contributed by atoms with Gasteiger partial charge in [0, 0.05) is 23.3 Å². The van der Waals surface area contributed by atoms with Crippen molar-refractivity contribution in [3.63, 3.8) is 0 Å². The molecule has 0 aliphatic heterocycles. The second kappa shape index (κ2) is 8.31. The average molecular weight is 421 g/mol. The fourth-order valence-corrected chi connectivity index (χ4v) is 3.13. The minimum atomic E-state index is -0.966. The third-order valence-electron chi connectivity index (χ3n) is 4.59. The lowest BCUT2D eigenvalue weighted by Gasteiger charge is -2.14. The predicted octanol–water partition coefficient (Wildman–Crippen LogP) is 3.54. The molecule has 0 spiro atoms. The van der Waals surface area contributed by atoms with Crippen LogP contribution < -0.4 is 15.8 Å².